The van der Waals surface area contributed by atoms with Crippen molar-refractivity contribution in [2.24, 2.45) is 17.6 Å². The first-order valence-corrected chi connectivity index (χ1v) is 14.9. The van der Waals surface area contributed by atoms with E-state index in [-0.39, 0.29) is 41.7 Å². The third kappa shape index (κ3) is 4.75. The molecule has 3 aliphatic carbocycles. The fraction of sp³-hybridized carbons (Fsp3) is 0.464. The Hall–Kier alpha value is -3.86. The number of ketones is 2. The average Bonchev–Trinajstić information content (AvgIpc) is 2.83. The molecular formula is C28H33N3O9S. The van der Waals surface area contributed by atoms with Crippen molar-refractivity contribution in [3.63, 3.8) is 0 Å². The standard InChI is InChI=1S/C28H33N3O9S/c1-30(2)17-12-13(8-6-7-9-41(5,39)40)22(32)19-15(17)10-14-11-16-21(31(3)4)24(34)20(27(29)37)26(36)28(16,38)25(35)18(14)23(19)33/h12,14,16,21,32-33,36,38H,7,9-11H2,1-5H3,(H2,29,37)/t14-,16+,21-,28+/m0/s1. The van der Waals surface area contributed by atoms with Gasteiger partial charge in [0.25, 0.3) is 5.91 Å². The number of Topliss-reactive ketones (excluding diaryl/α,β-unsaturated/α-hetero) is 2. The number of hydrogen-bond acceptors (Lipinski definition) is 11. The van der Waals surface area contributed by atoms with E-state index >= 15 is 0 Å². The Kier molecular flexibility index (Phi) is 7.49. The predicted molar refractivity (Wildman–Crippen MR) is 150 cm³/mol. The number of aliphatic hydroxyl groups excluding tert-OH is 2. The van der Waals surface area contributed by atoms with Gasteiger partial charge in [-0.3, -0.25) is 19.3 Å². The molecule has 1 saturated carbocycles. The Balaban J connectivity index is 1.94. The molecule has 0 aliphatic heterocycles. The number of nitrogens with two attached hydrogens (primary N) is 1. The second-order valence-electron chi connectivity index (χ2n) is 11.2. The number of benzene rings is 1. The number of aromatic hydroxyl groups is 1. The maximum atomic E-state index is 14.0. The fourth-order valence-electron chi connectivity index (χ4n) is 6.18. The van der Waals surface area contributed by atoms with Crippen molar-refractivity contribution in [2.45, 2.75) is 30.9 Å². The van der Waals surface area contributed by atoms with Crippen LogP contribution in [0.2, 0.25) is 0 Å². The van der Waals surface area contributed by atoms with Gasteiger partial charge in [-0.15, -0.1) is 0 Å². The lowest BCUT2D eigenvalue weighted by molar-refractivity contribution is -0.153. The molecule has 12 nitrogen and oxygen atoms in total. The zero-order valence-corrected chi connectivity index (χ0v) is 24.2. The third-order valence-electron chi connectivity index (χ3n) is 8.00. The van der Waals surface area contributed by atoms with Gasteiger partial charge < -0.3 is 31.1 Å². The number of hydrogen-bond donors (Lipinski definition) is 5. The molecule has 0 heterocycles. The number of phenolic OH excluding ortho intramolecular Hbond substituents is 1. The van der Waals surface area contributed by atoms with Crippen LogP contribution in [0, 0.1) is 23.7 Å². The summed E-state index contributed by atoms with van der Waals surface area (Å²) in [6.07, 6.45) is 1.20. The van der Waals surface area contributed by atoms with E-state index in [0.29, 0.717) is 11.3 Å². The molecule has 3 aliphatic rings. The van der Waals surface area contributed by atoms with E-state index in [9.17, 15) is 43.2 Å². The van der Waals surface area contributed by atoms with E-state index in [1.54, 1.807) is 25.1 Å². The van der Waals surface area contributed by atoms with Crippen molar-refractivity contribution in [1.29, 1.82) is 0 Å². The number of primary amides is 1. The molecule has 0 aromatic heterocycles. The predicted octanol–water partition coefficient (Wildman–Crippen LogP) is -0.184. The van der Waals surface area contributed by atoms with Gasteiger partial charge in [0.15, 0.2) is 11.4 Å². The van der Waals surface area contributed by atoms with Crippen LogP contribution in [-0.2, 0) is 30.6 Å². The summed E-state index contributed by atoms with van der Waals surface area (Å²) < 4.78 is 22.9. The number of fused-ring (bicyclic) bond motifs is 3. The molecule has 13 heteroatoms. The molecular weight excluding hydrogens is 554 g/mol. The van der Waals surface area contributed by atoms with E-state index in [1.807, 2.05) is 0 Å². The number of aliphatic hydroxyl groups is 3. The molecule has 0 radical (unpaired) electrons. The van der Waals surface area contributed by atoms with Crippen molar-refractivity contribution in [2.75, 3.05) is 45.1 Å². The van der Waals surface area contributed by atoms with E-state index in [4.69, 9.17) is 5.73 Å². The Morgan fingerprint density at radius 3 is 2.34 bits per heavy atom. The van der Waals surface area contributed by atoms with Gasteiger partial charge in [0.1, 0.15) is 32.7 Å². The number of amides is 1. The van der Waals surface area contributed by atoms with Gasteiger partial charge in [-0.05, 0) is 44.5 Å². The maximum absolute atomic E-state index is 14.0. The summed E-state index contributed by atoms with van der Waals surface area (Å²) >= 11 is 0. The van der Waals surface area contributed by atoms with E-state index < -0.39 is 73.6 Å². The smallest absolute Gasteiger partial charge is 0.255 e. The van der Waals surface area contributed by atoms with Crippen molar-refractivity contribution >= 4 is 38.8 Å². The van der Waals surface area contributed by atoms with Crippen LogP contribution in [0.25, 0.3) is 5.76 Å². The van der Waals surface area contributed by atoms with Crippen molar-refractivity contribution in [1.82, 2.24) is 4.90 Å². The highest BCUT2D eigenvalue weighted by Crippen LogP contribution is 2.54. The molecule has 220 valence electrons. The van der Waals surface area contributed by atoms with Crippen LogP contribution < -0.4 is 10.6 Å². The number of sulfone groups is 1. The van der Waals surface area contributed by atoms with Gasteiger partial charge in [-0.2, -0.15) is 0 Å². The molecule has 0 saturated heterocycles. The Labute approximate surface area is 237 Å². The molecule has 6 N–H and O–H groups in total. The second kappa shape index (κ2) is 10.2. The van der Waals surface area contributed by atoms with Crippen LogP contribution in [0.15, 0.2) is 23.0 Å². The average molecular weight is 588 g/mol. The van der Waals surface area contributed by atoms with Crippen LogP contribution in [-0.4, -0.2) is 103 Å². The third-order valence-corrected chi connectivity index (χ3v) is 8.95. The quantitative estimate of drug-likeness (QED) is 0.226. The molecule has 1 aromatic rings. The van der Waals surface area contributed by atoms with Crippen LogP contribution in [0.3, 0.4) is 0 Å². The second-order valence-corrected chi connectivity index (χ2v) is 13.4. The minimum Gasteiger partial charge on any atom is -0.508 e. The molecule has 0 unspecified atom stereocenters. The number of nitrogens with zero attached hydrogens (tertiary/aromatic N) is 2. The lowest BCUT2D eigenvalue weighted by Crippen LogP contribution is -2.65. The summed E-state index contributed by atoms with van der Waals surface area (Å²) in [5.74, 6) is -2.06. The molecule has 4 atom stereocenters. The monoisotopic (exact) mass is 587 g/mol. The van der Waals surface area contributed by atoms with Gasteiger partial charge >= 0.3 is 0 Å². The summed E-state index contributed by atoms with van der Waals surface area (Å²) in [7, 11) is 3.30. The lowest BCUT2D eigenvalue weighted by atomic mass is 9.57. The maximum Gasteiger partial charge on any atom is 0.255 e. The van der Waals surface area contributed by atoms with Crippen LogP contribution >= 0.6 is 0 Å². The Morgan fingerprint density at radius 1 is 1.17 bits per heavy atom. The first kappa shape index (κ1) is 30.1. The van der Waals surface area contributed by atoms with Crippen LogP contribution in [0.1, 0.15) is 29.5 Å². The van der Waals surface area contributed by atoms with Gasteiger partial charge in [0.2, 0.25) is 5.78 Å². The zero-order valence-electron chi connectivity index (χ0n) is 23.3. The highest BCUT2D eigenvalue weighted by molar-refractivity contribution is 7.90. The van der Waals surface area contributed by atoms with Crippen molar-refractivity contribution in [3.05, 3.63) is 39.7 Å². The molecule has 1 fully saturated rings. The van der Waals surface area contributed by atoms with Gasteiger partial charge in [0.05, 0.1) is 22.9 Å². The summed E-state index contributed by atoms with van der Waals surface area (Å²) in [5.41, 5.74) is 2.56. The fourth-order valence-corrected chi connectivity index (χ4v) is 6.65. The van der Waals surface area contributed by atoms with Crippen LogP contribution in [0.5, 0.6) is 5.75 Å². The number of carbonyl (C=O) groups excluding carboxylic acids is 3. The number of rotatable bonds is 5. The summed E-state index contributed by atoms with van der Waals surface area (Å²) in [6, 6.07) is 0.431. The Bertz CT molecular complexity index is 1610. The molecule has 0 bridgehead atoms. The minimum absolute atomic E-state index is 0.00821. The molecule has 1 aromatic carbocycles. The summed E-state index contributed by atoms with van der Waals surface area (Å²) in [5, 5.41) is 45.3. The number of likely N-dealkylation sites (N-methyl/N-ethyl adjacent to an activating group) is 1. The largest absolute Gasteiger partial charge is 0.508 e. The van der Waals surface area contributed by atoms with Crippen molar-refractivity contribution in [3.8, 4) is 17.6 Å². The molecule has 4 rings (SSSR count). The zero-order chi connectivity index (χ0) is 30.8. The first-order chi connectivity index (χ1) is 18.9. The lowest BCUT2D eigenvalue weighted by Gasteiger charge is -2.50. The first-order valence-electron chi connectivity index (χ1n) is 12.8. The van der Waals surface area contributed by atoms with E-state index in [2.05, 4.69) is 11.8 Å². The van der Waals surface area contributed by atoms with Crippen molar-refractivity contribution < 1.29 is 43.2 Å². The molecule has 41 heavy (non-hydrogen) atoms. The summed E-state index contributed by atoms with van der Waals surface area (Å²) in [4.78, 5) is 42.5. The molecule has 1 amide bonds. The minimum atomic E-state index is -3.25. The highest BCUT2D eigenvalue weighted by atomic mass is 32.2. The van der Waals surface area contributed by atoms with E-state index in [1.165, 1.54) is 19.0 Å². The Morgan fingerprint density at radius 2 is 1.80 bits per heavy atom. The van der Waals surface area contributed by atoms with Gasteiger partial charge in [0, 0.05) is 44.0 Å². The molecule has 0 spiro atoms. The number of phenols is 1. The topological polar surface area (TPSA) is 199 Å². The van der Waals surface area contributed by atoms with Gasteiger partial charge in [-0.25, -0.2) is 8.42 Å². The normalized spacial score (nSPS) is 25.8. The summed E-state index contributed by atoms with van der Waals surface area (Å²) in [6.45, 7) is 0. The van der Waals surface area contributed by atoms with Gasteiger partial charge in [-0.1, -0.05) is 11.8 Å². The van der Waals surface area contributed by atoms with E-state index in [0.717, 1.165) is 6.26 Å². The van der Waals surface area contributed by atoms with Crippen LogP contribution in [0.4, 0.5) is 5.69 Å². The number of anilines is 1. The number of carbonyl (C=O) groups is 3. The highest BCUT2D eigenvalue weighted by Gasteiger charge is 2.64. The SMILES string of the molecule is CN(C)c1cc(C#CCCS(C)(=O)=O)c(O)c2c1C[C@H]1C[C@@H]3[C@H](N(C)C)C(=O)C(C(N)=O)=C(O)[C@]3(O)C(=O)C1=C2O.